The van der Waals surface area contributed by atoms with E-state index in [1.165, 1.54) is 25.0 Å². The highest BCUT2D eigenvalue weighted by Crippen LogP contribution is 2.38. The fourth-order valence-electron chi connectivity index (χ4n) is 5.21. The first kappa shape index (κ1) is 23.0. The Bertz CT molecular complexity index is 487. The Labute approximate surface area is 171 Å². The predicted octanol–water partition coefficient (Wildman–Crippen LogP) is 6.13. The van der Waals surface area contributed by atoms with Gasteiger partial charge in [0.25, 0.3) is 0 Å². The van der Waals surface area contributed by atoms with Crippen LogP contribution in [-0.2, 0) is 19.1 Å². The minimum absolute atomic E-state index is 0.361. The minimum Gasteiger partial charge on any atom is -0.456 e. The van der Waals surface area contributed by atoms with E-state index in [-0.39, 0.29) is 11.2 Å². The molecule has 4 nitrogen and oxygen atoms in total. The molecule has 4 heteroatoms. The molecule has 0 spiro atoms. The molecule has 0 saturated heterocycles. The molecule has 0 bridgehead atoms. The van der Waals surface area contributed by atoms with Crippen molar-refractivity contribution in [2.24, 2.45) is 11.8 Å². The summed E-state index contributed by atoms with van der Waals surface area (Å²) in [4.78, 5) is 24.9. The second-order valence-electron chi connectivity index (χ2n) is 9.86. The van der Waals surface area contributed by atoms with Crippen LogP contribution in [0.25, 0.3) is 0 Å². The molecule has 2 aliphatic rings. The first-order valence-electron chi connectivity index (χ1n) is 11.4. The third-order valence-corrected chi connectivity index (χ3v) is 6.08. The number of ether oxygens (including phenoxy) is 2. The van der Waals surface area contributed by atoms with Gasteiger partial charge in [-0.1, -0.05) is 40.5 Å². The van der Waals surface area contributed by atoms with Crippen molar-refractivity contribution < 1.29 is 19.1 Å². The zero-order chi connectivity index (χ0) is 20.6. The van der Waals surface area contributed by atoms with Crippen molar-refractivity contribution in [3.05, 3.63) is 12.2 Å². The molecule has 0 unspecified atom stereocenters. The van der Waals surface area contributed by atoms with Crippen LogP contribution in [0.4, 0.5) is 0 Å². The van der Waals surface area contributed by atoms with Crippen LogP contribution < -0.4 is 0 Å². The van der Waals surface area contributed by atoms with E-state index in [0.717, 1.165) is 64.2 Å². The topological polar surface area (TPSA) is 52.6 Å². The molecular weight excluding hydrogens is 352 g/mol. The van der Waals surface area contributed by atoms with Crippen molar-refractivity contribution >= 4 is 11.9 Å². The normalized spacial score (nSPS) is 21.8. The average Bonchev–Trinajstić information content (AvgIpc) is 2.60. The summed E-state index contributed by atoms with van der Waals surface area (Å²) in [5.41, 5.74) is -0.722. The lowest BCUT2D eigenvalue weighted by molar-refractivity contribution is -0.162. The summed E-state index contributed by atoms with van der Waals surface area (Å²) < 4.78 is 11.8. The van der Waals surface area contributed by atoms with Gasteiger partial charge in [-0.25, -0.2) is 9.59 Å². The molecule has 2 aliphatic carbocycles. The Kier molecular flexibility index (Phi) is 8.57. The summed E-state index contributed by atoms with van der Waals surface area (Å²) in [5, 5.41) is 0. The van der Waals surface area contributed by atoms with Gasteiger partial charge in [0.05, 0.1) is 0 Å². The van der Waals surface area contributed by atoms with E-state index >= 15 is 0 Å². The third kappa shape index (κ3) is 7.25. The molecule has 2 rings (SSSR count). The minimum atomic E-state index is -0.416. The zero-order valence-corrected chi connectivity index (χ0v) is 18.4. The van der Waals surface area contributed by atoms with Crippen molar-refractivity contribution in [2.75, 3.05) is 0 Å². The molecule has 160 valence electrons. The van der Waals surface area contributed by atoms with Gasteiger partial charge in [-0.3, -0.25) is 0 Å². The highest BCUT2D eigenvalue weighted by Gasteiger charge is 2.37. The van der Waals surface area contributed by atoms with Crippen molar-refractivity contribution in [2.45, 2.75) is 116 Å². The van der Waals surface area contributed by atoms with Crippen molar-refractivity contribution in [1.82, 2.24) is 0 Å². The van der Waals surface area contributed by atoms with Crippen LogP contribution in [0.2, 0.25) is 0 Å². The molecule has 0 aliphatic heterocycles. The molecule has 0 heterocycles. The Balaban J connectivity index is 1.95. The van der Waals surface area contributed by atoms with Crippen LogP contribution in [0.1, 0.15) is 105 Å². The van der Waals surface area contributed by atoms with Crippen molar-refractivity contribution in [1.29, 1.82) is 0 Å². The summed E-state index contributed by atoms with van der Waals surface area (Å²) in [7, 11) is 0. The van der Waals surface area contributed by atoms with Gasteiger partial charge in [-0.2, -0.15) is 0 Å². The summed E-state index contributed by atoms with van der Waals surface area (Å²) in [6, 6.07) is 0. The molecular formula is C24H40O4. The van der Waals surface area contributed by atoms with Gasteiger partial charge in [0.1, 0.15) is 11.2 Å². The standard InChI is InChI=1S/C24H40O4/c1-19(2)17-23(13-7-5-8-14-23)27-21(25)11-12-22(26)28-24(18-20(3)4)15-9-6-10-16-24/h11-12,19-20H,5-10,13-18H2,1-4H3/b12-11+. The smallest absolute Gasteiger partial charge is 0.331 e. The van der Waals surface area contributed by atoms with Crippen LogP contribution >= 0.6 is 0 Å². The number of esters is 2. The van der Waals surface area contributed by atoms with E-state index in [0.29, 0.717) is 11.8 Å². The number of hydrogen-bond donors (Lipinski definition) is 0. The van der Waals surface area contributed by atoms with E-state index in [1.54, 1.807) is 0 Å². The Morgan fingerprint density at radius 2 is 1.00 bits per heavy atom. The second-order valence-corrected chi connectivity index (χ2v) is 9.86. The second kappa shape index (κ2) is 10.5. The summed E-state index contributed by atoms with van der Waals surface area (Å²) in [5.74, 6) is 0.117. The Morgan fingerprint density at radius 1 is 0.679 bits per heavy atom. The van der Waals surface area contributed by atoms with Gasteiger partial charge in [0, 0.05) is 12.2 Å². The number of carbonyl (C=O) groups excluding carboxylic acids is 2. The highest BCUT2D eigenvalue weighted by molar-refractivity contribution is 5.92. The Morgan fingerprint density at radius 3 is 1.29 bits per heavy atom. The lowest BCUT2D eigenvalue weighted by atomic mass is 9.79. The fourth-order valence-corrected chi connectivity index (χ4v) is 5.21. The summed E-state index contributed by atoms with van der Waals surface area (Å²) in [6.45, 7) is 8.65. The average molecular weight is 393 g/mol. The first-order valence-corrected chi connectivity index (χ1v) is 11.4. The molecule has 2 saturated carbocycles. The fraction of sp³-hybridized carbons (Fsp3) is 0.833. The largest absolute Gasteiger partial charge is 0.456 e. The number of carbonyl (C=O) groups is 2. The van der Waals surface area contributed by atoms with Gasteiger partial charge in [-0.05, 0) is 76.0 Å². The number of hydrogen-bond acceptors (Lipinski definition) is 4. The van der Waals surface area contributed by atoms with E-state index in [1.807, 2.05) is 0 Å². The van der Waals surface area contributed by atoms with Crippen LogP contribution in [0.15, 0.2) is 12.2 Å². The molecule has 0 N–H and O–H groups in total. The predicted molar refractivity (Wildman–Crippen MR) is 112 cm³/mol. The Hall–Kier alpha value is -1.32. The van der Waals surface area contributed by atoms with Crippen LogP contribution in [0, 0.1) is 11.8 Å². The highest BCUT2D eigenvalue weighted by atomic mass is 16.6. The van der Waals surface area contributed by atoms with Gasteiger partial charge < -0.3 is 9.47 Å². The van der Waals surface area contributed by atoms with E-state index < -0.39 is 11.9 Å². The molecule has 0 aromatic heterocycles. The van der Waals surface area contributed by atoms with Crippen LogP contribution in [-0.4, -0.2) is 23.1 Å². The van der Waals surface area contributed by atoms with Gasteiger partial charge >= 0.3 is 11.9 Å². The molecule has 0 atom stereocenters. The van der Waals surface area contributed by atoms with E-state index in [2.05, 4.69) is 27.7 Å². The van der Waals surface area contributed by atoms with E-state index in [9.17, 15) is 9.59 Å². The maximum Gasteiger partial charge on any atom is 0.331 e. The van der Waals surface area contributed by atoms with Crippen LogP contribution in [0.5, 0.6) is 0 Å². The van der Waals surface area contributed by atoms with Crippen molar-refractivity contribution in [3.63, 3.8) is 0 Å². The molecule has 2 fully saturated rings. The quantitative estimate of drug-likeness (QED) is 0.368. The molecule has 28 heavy (non-hydrogen) atoms. The third-order valence-electron chi connectivity index (χ3n) is 6.08. The maximum absolute atomic E-state index is 12.4. The molecule has 0 amide bonds. The number of rotatable bonds is 8. The molecule has 0 radical (unpaired) electrons. The SMILES string of the molecule is CC(C)CC1(OC(=O)/C=C/C(=O)OC2(CC(C)C)CCCCC2)CCCCC1. The van der Waals surface area contributed by atoms with Gasteiger partial charge in [0.15, 0.2) is 0 Å². The lowest BCUT2D eigenvalue weighted by Crippen LogP contribution is -2.39. The van der Waals surface area contributed by atoms with Gasteiger partial charge in [0.2, 0.25) is 0 Å². The molecule has 0 aromatic carbocycles. The lowest BCUT2D eigenvalue weighted by Gasteiger charge is -2.38. The van der Waals surface area contributed by atoms with Gasteiger partial charge in [-0.15, -0.1) is 0 Å². The van der Waals surface area contributed by atoms with Crippen molar-refractivity contribution in [3.8, 4) is 0 Å². The summed E-state index contributed by atoms with van der Waals surface area (Å²) in [6.07, 6.45) is 14.8. The summed E-state index contributed by atoms with van der Waals surface area (Å²) >= 11 is 0. The van der Waals surface area contributed by atoms with E-state index in [4.69, 9.17) is 9.47 Å². The first-order chi connectivity index (χ1) is 13.2. The maximum atomic E-state index is 12.4. The zero-order valence-electron chi connectivity index (χ0n) is 18.4. The monoisotopic (exact) mass is 392 g/mol. The molecule has 0 aromatic rings. The van der Waals surface area contributed by atoms with Crippen LogP contribution in [0.3, 0.4) is 0 Å².